The number of carboxylic acids is 1. The molecule has 0 aromatic rings. The molecule has 2 atom stereocenters. The van der Waals surface area contributed by atoms with Crippen LogP contribution < -0.4 is 26.6 Å². The number of hydrogen-bond donors (Lipinski definition) is 8. The number of ether oxygens (including phenoxy) is 1. The zero-order valence-electron chi connectivity index (χ0n) is 33.6. The van der Waals surface area contributed by atoms with Crippen LogP contribution in [0.5, 0.6) is 0 Å². The number of aliphatic carboxylic acids is 1. The third kappa shape index (κ3) is 27.1. The molecular formula is C35H68N8O9S. The van der Waals surface area contributed by atoms with Gasteiger partial charge in [0.1, 0.15) is 23.5 Å². The van der Waals surface area contributed by atoms with E-state index >= 15 is 0 Å². The van der Waals surface area contributed by atoms with Gasteiger partial charge in [0, 0.05) is 64.6 Å². The fourth-order valence-electron chi connectivity index (χ4n) is 4.46. The molecule has 2 amide bonds. The van der Waals surface area contributed by atoms with Gasteiger partial charge in [0.2, 0.25) is 11.8 Å². The molecule has 53 heavy (non-hydrogen) atoms. The summed E-state index contributed by atoms with van der Waals surface area (Å²) in [6, 6.07) is 0. The maximum Gasteiger partial charge on any atom is 0.322 e. The van der Waals surface area contributed by atoms with Crippen molar-refractivity contribution in [2.24, 2.45) is 16.2 Å². The summed E-state index contributed by atoms with van der Waals surface area (Å²) in [6.45, 7) is 21.6. The molecule has 0 heterocycles. The number of thioether (sulfide) groups is 1. The van der Waals surface area contributed by atoms with E-state index in [1.807, 2.05) is 62.4 Å². The van der Waals surface area contributed by atoms with E-state index in [1.54, 1.807) is 0 Å². The van der Waals surface area contributed by atoms with Crippen molar-refractivity contribution in [3.8, 4) is 0 Å². The quantitative estimate of drug-likeness (QED) is 0.0234. The van der Waals surface area contributed by atoms with Gasteiger partial charge in [-0.15, -0.1) is 11.8 Å². The molecule has 0 bridgehead atoms. The van der Waals surface area contributed by atoms with Crippen LogP contribution in [0.4, 0.5) is 0 Å². The van der Waals surface area contributed by atoms with Crippen molar-refractivity contribution in [3.05, 3.63) is 0 Å². The highest BCUT2D eigenvalue weighted by Crippen LogP contribution is 2.18. The Bertz CT molecular complexity index is 1130. The summed E-state index contributed by atoms with van der Waals surface area (Å²) in [5.41, 5.74) is 0.529. The number of amides is 2. The Morgan fingerprint density at radius 1 is 0.849 bits per heavy atom. The third-order valence-electron chi connectivity index (χ3n) is 8.44. The highest BCUT2D eigenvalue weighted by molar-refractivity contribution is 8.00. The number of rotatable bonds is 29. The normalized spacial score (nSPS) is 13.5. The van der Waals surface area contributed by atoms with Gasteiger partial charge < -0.3 is 51.6 Å². The number of Topliss-reactive ketones (excluding diaryl/α,β-unsaturated/α-hetero) is 2. The van der Waals surface area contributed by atoms with E-state index in [1.165, 1.54) is 18.7 Å². The number of nitrogens with one attached hydrogen (secondary N) is 5. The first kappa shape index (κ1) is 51.9. The average molecular weight is 777 g/mol. The van der Waals surface area contributed by atoms with Crippen LogP contribution in [-0.4, -0.2) is 149 Å². The molecule has 0 aliphatic heterocycles. The van der Waals surface area contributed by atoms with Gasteiger partial charge in [-0.1, -0.05) is 10.3 Å². The van der Waals surface area contributed by atoms with E-state index < -0.39 is 30.2 Å². The second-order valence-electron chi connectivity index (χ2n) is 13.7. The number of carboxylic acid groups (broad SMARTS) is 1. The van der Waals surface area contributed by atoms with Crippen LogP contribution in [0.1, 0.15) is 88.0 Å². The number of carbonyl (C=O) groups excluding carboxylic acids is 4. The minimum absolute atomic E-state index is 0.000345. The lowest BCUT2D eigenvalue weighted by molar-refractivity contribution is -0.138. The second-order valence-corrected chi connectivity index (χ2v) is 15.0. The van der Waals surface area contributed by atoms with Crippen LogP contribution in [-0.2, 0) is 28.7 Å². The molecule has 17 nitrogen and oxygen atoms in total. The van der Waals surface area contributed by atoms with Crippen molar-refractivity contribution in [1.82, 2.24) is 31.5 Å². The molecule has 0 saturated carbocycles. The van der Waals surface area contributed by atoms with Crippen LogP contribution in [0.2, 0.25) is 0 Å². The molecule has 0 fully saturated rings. The Labute approximate surface area is 320 Å². The number of likely N-dealkylation sites (N-methyl/N-ethyl adjacent to an activating group) is 1. The minimum atomic E-state index is -1.19. The number of ketones is 2. The molecule has 0 spiro atoms. The third-order valence-corrected chi connectivity index (χ3v) is 9.54. The molecule has 8 N–H and O–H groups in total. The maximum absolute atomic E-state index is 12.4. The largest absolute Gasteiger partial charge is 0.480 e. The average Bonchev–Trinajstić information content (AvgIpc) is 3.09. The second kappa shape index (κ2) is 29.2. The van der Waals surface area contributed by atoms with E-state index in [2.05, 4.69) is 41.8 Å². The van der Waals surface area contributed by atoms with Crippen LogP contribution in [0, 0.1) is 5.92 Å². The summed E-state index contributed by atoms with van der Waals surface area (Å²) < 4.78 is 5.35. The summed E-state index contributed by atoms with van der Waals surface area (Å²) >= 11 is 1.34. The van der Waals surface area contributed by atoms with E-state index in [-0.39, 0.29) is 46.8 Å². The standard InChI is InChI=1S/C18H30N2O7S.C17H38N6O2/c1-4-27-13(3)28-11-15(22)8-14(7-5-6-12(2)21)18(26)20-9-16(23)19-10-17(24)25;1-14(21-24)16(3,4)19-9-12-23(11-8-18-7)13-10-20-17(5,6)15(2)22-25/h13-14H,4-11H2,1-3H3,(H,19,23)(H,20,26)(H,24,25);18-20,24-25H,8-13H2,1-7H3/b;21-14-,22-15-. The van der Waals surface area contributed by atoms with E-state index in [9.17, 15) is 24.0 Å². The van der Waals surface area contributed by atoms with Gasteiger partial charge in [-0.05, 0) is 82.2 Å². The number of oxime groups is 2. The number of carbonyl (C=O) groups is 5. The van der Waals surface area contributed by atoms with Crippen molar-refractivity contribution in [3.63, 3.8) is 0 Å². The summed E-state index contributed by atoms with van der Waals surface area (Å²) in [7, 11) is 1.95. The Hall–Kier alpha value is -3.16. The van der Waals surface area contributed by atoms with Crippen LogP contribution in [0.25, 0.3) is 0 Å². The zero-order chi connectivity index (χ0) is 41.0. The van der Waals surface area contributed by atoms with Crippen molar-refractivity contribution < 1.29 is 44.2 Å². The first-order chi connectivity index (χ1) is 24.8. The fraction of sp³-hybridized carbons (Fsp3) is 0.800. The zero-order valence-corrected chi connectivity index (χ0v) is 34.4. The van der Waals surface area contributed by atoms with Crippen LogP contribution >= 0.6 is 11.8 Å². The van der Waals surface area contributed by atoms with Gasteiger partial charge in [0.05, 0.1) is 34.8 Å². The maximum atomic E-state index is 12.4. The molecule has 0 aromatic carbocycles. The molecule has 18 heteroatoms. The molecule has 0 rings (SSSR count). The van der Waals surface area contributed by atoms with Crippen molar-refractivity contribution in [2.45, 2.75) is 105 Å². The van der Waals surface area contributed by atoms with E-state index in [0.29, 0.717) is 37.3 Å². The van der Waals surface area contributed by atoms with Crippen LogP contribution in [0.15, 0.2) is 10.3 Å². The first-order valence-corrected chi connectivity index (χ1v) is 19.1. The van der Waals surface area contributed by atoms with Gasteiger partial charge in [-0.3, -0.25) is 24.1 Å². The molecule has 308 valence electrons. The van der Waals surface area contributed by atoms with Crippen molar-refractivity contribution in [1.29, 1.82) is 0 Å². The smallest absolute Gasteiger partial charge is 0.322 e. The summed E-state index contributed by atoms with van der Waals surface area (Å²) in [5.74, 6) is -2.85. The molecular weight excluding hydrogens is 708 g/mol. The molecule has 0 aromatic heterocycles. The van der Waals surface area contributed by atoms with Crippen molar-refractivity contribution >= 4 is 52.5 Å². The lowest BCUT2D eigenvalue weighted by atomic mass is 9.95. The summed E-state index contributed by atoms with van der Waals surface area (Å²) in [4.78, 5) is 60.0. The first-order valence-electron chi connectivity index (χ1n) is 18.0. The van der Waals surface area contributed by atoms with Gasteiger partial charge in [0.15, 0.2) is 0 Å². The van der Waals surface area contributed by atoms with Gasteiger partial charge in [-0.25, -0.2) is 0 Å². The predicted molar refractivity (Wildman–Crippen MR) is 209 cm³/mol. The Kier molecular flexibility index (Phi) is 28.6. The van der Waals surface area contributed by atoms with Gasteiger partial charge >= 0.3 is 5.97 Å². The topological polar surface area (TPSA) is 243 Å². The monoisotopic (exact) mass is 776 g/mol. The Morgan fingerprint density at radius 3 is 1.83 bits per heavy atom. The molecule has 2 unspecified atom stereocenters. The Balaban J connectivity index is 0. The van der Waals surface area contributed by atoms with Crippen molar-refractivity contribution in [2.75, 3.05) is 71.8 Å². The minimum Gasteiger partial charge on any atom is -0.480 e. The molecule has 0 aliphatic carbocycles. The summed E-state index contributed by atoms with van der Waals surface area (Å²) in [6.07, 6.45) is 1.13. The lowest BCUT2D eigenvalue weighted by Crippen LogP contribution is -2.51. The predicted octanol–water partition coefficient (Wildman–Crippen LogP) is 1.70. The highest BCUT2D eigenvalue weighted by Gasteiger charge is 2.24. The molecule has 0 saturated heterocycles. The number of nitrogens with zero attached hydrogens (tertiary/aromatic N) is 3. The Morgan fingerprint density at radius 2 is 1.38 bits per heavy atom. The lowest BCUT2D eigenvalue weighted by Gasteiger charge is -2.30. The fourth-order valence-corrected chi connectivity index (χ4v) is 5.23. The van der Waals surface area contributed by atoms with E-state index in [0.717, 1.165) is 39.3 Å². The molecule has 0 aliphatic rings. The van der Waals surface area contributed by atoms with E-state index in [4.69, 9.17) is 20.3 Å². The number of hydrogen-bond acceptors (Lipinski definition) is 15. The molecule has 0 radical (unpaired) electrons. The highest BCUT2D eigenvalue weighted by atomic mass is 32.2. The van der Waals surface area contributed by atoms with Gasteiger partial charge in [0.25, 0.3) is 0 Å². The SMILES string of the molecule is CCOC(C)SCC(=O)CC(CCCC(C)=O)C(=O)NCC(=O)NCC(=O)O.CNCCN(CCNC(C)(C)/C(C)=N\O)CCNC(C)(C)/C(C)=N\O. The summed E-state index contributed by atoms with van der Waals surface area (Å²) in [5, 5.41) is 47.6. The van der Waals surface area contributed by atoms with Gasteiger partial charge in [-0.2, -0.15) is 0 Å². The van der Waals surface area contributed by atoms with Crippen LogP contribution in [0.3, 0.4) is 0 Å².